The smallest absolute Gasteiger partial charge is 0.254 e. The van der Waals surface area contributed by atoms with Crippen molar-refractivity contribution in [1.29, 1.82) is 0 Å². The first-order valence-corrected chi connectivity index (χ1v) is 12.2. The standard InChI is InChI=1S/C26H29ClN2O4/c27-20-14-17(15-23-24(20)33-13-12-32-23)10-11-28-25(30)22-16-19-8-4-5-9-21(19)29(22)26(31)18-6-2-1-3-7-18/h1-3,6-7,14-15,19,21-22H,4-5,8-13,16H2,(H,28,30). The Balaban J connectivity index is 1.27. The highest BCUT2D eigenvalue weighted by Gasteiger charge is 2.47. The number of hydrogen-bond donors (Lipinski definition) is 1. The van der Waals surface area contributed by atoms with Crippen molar-refractivity contribution in [3.8, 4) is 11.5 Å². The van der Waals surface area contributed by atoms with Crippen LogP contribution in [0, 0.1) is 5.92 Å². The third-order valence-corrected chi connectivity index (χ3v) is 7.30. The van der Waals surface area contributed by atoms with Gasteiger partial charge in [0.15, 0.2) is 11.5 Å². The second-order valence-corrected chi connectivity index (χ2v) is 9.49. The summed E-state index contributed by atoms with van der Waals surface area (Å²) < 4.78 is 11.2. The molecule has 0 radical (unpaired) electrons. The molecule has 1 saturated carbocycles. The maximum atomic E-state index is 13.4. The Hall–Kier alpha value is -2.73. The van der Waals surface area contributed by atoms with E-state index >= 15 is 0 Å². The van der Waals surface area contributed by atoms with Crippen LogP contribution < -0.4 is 14.8 Å². The molecule has 6 nitrogen and oxygen atoms in total. The highest BCUT2D eigenvalue weighted by Crippen LogP contribution is 2.41. The second kappa shape index (κ2) is 9.64. The van der Waals surface area contributed by atoms with E-state index in [0.717, 1.165) is 31.2 Å². The van der Waals surface area contributed by atoms with Crippen LogP contribution in [0.5, 0.6) is 11.5 Å². The fourth-order valence-corrected chi connectivity index (χ4v) is 5.76. The molecule has 7 heteroatoms. The molecule has 0 aromatic heterocycles. The minimum atomic E-state index is -0.422. The highest BCUT2D eigenvalue weighted by atomic mass is 35.5. The van der Waals surface area contributed by atoms with Crippen molar-refractivity contribution in [2.45, 2.75) is 50.6 Å². The fourth-order valence-electron chi connectivity index (χ4n) is 5.47. The molecule has 3 aliphatic rings. The maximum absolute atomic E-state index is 13.4. The van der Waals surface area contributed by atoms with Crippen molar-refractivity contribution in [1.82, 2.24) is 10.2 Å². The number of rotatable bonds is 5. The van der Waals surface area contributed by atoms with E-state index in [1.165, 1.54) is 6.42 Å². The molecule has 1 aliphatic carbocycles. The molecule has 5 rings (SSSR count). The van der Waals surface area contributed by atoms with E-state index in [-0.39, 0.29) is 17.9 Å². The third-order valence-electron chi connectivity index (χ3n) is 7.02. The van der Waals surface area contributed by atoms with E-state index in [0.29, 0.717) is 54.2 Å². The van der Waals surface area contributed by atoms with E-state index in [9.17, 15) is 9.59 Å². The van der Waals surface area contributed by atoms with Crippen LogP contribution in [0.25, 0.3) is 0 Å². The number of hydrogen-bond acceptors (Lipinski definition) is 4. The summed E-state index contributed by atoms with van der Waals surface area (Å²) in [5.74, 6) is 1.52. The van der Waals surface area contributed by atoms with E-state index in [2.05, 4.69) is 5.32 Å². The van der Waals surface area contributed by atoms with Gasteiger partial charge < -0.3 is 19.7 Å². The summed E-state index contributed by atoms with van der Waals surface area (Å²) >= 11 is 6.34. The summed E-state index contributed by atoms with van der Waals surface area (Å²) in [7, 11) is 0. The number of carbonyl (C=O) groups excluding carboxylic acids is 2. The van der Waals surface area contributed by atoms with Gasteiger partial charge >= 0.3 is 0 Å². The van der Waals surface area contributed by atoms with Crippen LogP contribution in [0.15, 0.2) is 42.5 Å². The lowest BCUT2D eigenvalue weighted by molar-refractivity contribution is -0.125. The Morgan fingerprint density at radius 2 is 1.85 bits per heavy atom. The van der Waals surface area contributed by atoms with Gasteiger partial charge in [-0.2, -0.15) is 0 Å². The molecule has 33 heavy (non-hydrogen) atoms. The maximum Gasteiger partial charge on any atom is 0.254 e. The first kappa shape index (κ1) is 22.1. The van der Waals surface area contributed by atoms with Crippen LogP contribution in [-0.2, 0) is 11.2 Å². The first-order chi connectivity index (χ1) is 16.1. The molecular weight excluding hydrogens is 440 g/mol. The van der Waals surface area contributed by atoms with Gasteiger partial charge in [-0.15, -0.1) is 0 Å². The van der Waals surface area contributed by atoms with Gasteiger partial charge in [0.25, 0.3) is 5.91 Å². The SMILES string of the molecule is O=C(NCCc1cc(Cl)c2c(c1)OCCO2)C1CC2CCCCC2N1C(=O)c1ccccc1. The predicted octanol–water partition coefficient (Wildman–Crippen LogP) is 4.24. The molecular formula is C26H29ClN2O4. The Kier molecular flexibility index (Phi) is 6.45. The van der Waals surface area contributed by atoms with Crippen LogP contribution in [0.4, 0.5) is 0 Å². The topological polar surface area (TPSA) is 67.9 Å². The van der Waals surface area contributed by atoms with Crippen molar-refractivity contribution in [3.63, 3.8) is 0 Å². The third kappa shape index (κ3) is 4.54. The van der Waals surface area contributed by atoms with Crippen LogP contribution in [0.3, 0.4) is 0 Å². The van der Waals surface area contributed by atoms with Gasteiger partial charge in [0, 0.05) is 18.2 Å². The van der Waals surface area contributed by atoms with Gasteiger partial charge in [-0.1, -0.05) is 42.6 Å². The number of nitrogens with one attached hydrogen (secondary N) is 1. The van der Waals surface area contributed by atoms with Gasteiger partial charge in [0.05, 0.1) is 5.02 Å². The molecule has 2 heterocycles. The average molecular weight is 469 g/mol. The molecule has 3 atom stereocenters. The summed E-state index contributed by atoms with van der Waals surface area (Å²) in [6, 6.07) is 12.8. The minimum absolute atomic E-state index is 0.0382. The summed E-state index contributed by atoms with van der Waals surface area (Å²) in [6.45, 7) is 1.45. The Bertz CT molecular complexity index is 1030. The molecule has 174 valence electrons. The fraction of sp³-hybridized carbons (Fsp3) is 0.462. The van der Waals surface area contributed by atoms with Crippen LogP contribution in [0.1, 0.15) is 48.0 Å². The van der Waals surface area contributed by atoms with Gasteiger partial charge in [-0.3, -0.25) is 9.59 Å². The van der Waals surface area contributed by atoms with E-state index in [1.807, 2.05) is 47.4 Å². The Morgan fingerprint density at radius 3 is 2.70 bits per heavy atom. The number of halogens is 1. The lowest BCUT2D eigenvalue weighted by atomic mass is 9.84. The molecule has 2 amide bonds. The number of likely N-dealkylation sites (tertiary alicyclic amines) is 1. The number of ether oxygens (including phenoxy) is 2. The highest BCUT2D eigenvalue weighted by molar-refractivity contribution is 6.32. The van der Waals surface area contributed by atoms with E-state index in [4.69, 9.17) is 21.1 Å². The number of amides is 2. The van der Waals surface area contributed by atoms with Crippen molar-refractivity contribution >= 4 is 23.4 Å². The molecule has 0 bridgehead atoms. The monoisotopic (exact) mass is 468 g/mol. The molecule has 3 unspecified atom stereocenters. The molecule has 2 fully saturated rings. The summed E-state index contributed by atoms with van der Waals surface area (Å²) in [5.41, 5.74) is 1.62. The predicted molar refractivity (Wildman–Crippen MR) is 126 cm³/mol. The van der Waals surface area contributed by atoms with Crippen molar-refractivity contribution < 1.29 is 19.1 Å². The van der Waals surface area contributed by atoms with Gasteiger partial charge in [-0.25, -0.2) is 0 Å². The number of nitrogens with zero attached hydrogens (tertiary/aromatic N) is 1. The van der Waals surface area contributed by atoms with E-state index in [1.54, 1.807) is 0 Å². The largest absolute Gasteiger partial charge is 0.486 e. The zero-order chi connectivity index (χ0) is 22.8. The van der Waals surface area contributed by atoms with Gasteiger partial charge in [0.1, 0.15) is 19.3 Å². The average Bonchev–Trinajstić information content (AvgIpc) is 3.24. The Labute approximate surface area is 199 Å². The van der Waals surface area contributed by atoms with Crippen LogP contribution in [-0.4, -0.2) is 48.6 Å². The van der Waals surface area contributed by atoms with Crippen molar-refractivity contribution in [2.24, 2.45) is 5.92 Å². The van der Waals surface area contributed by atoms with E-state index < -0.39 is 6.04 Å². The second-order valence-electron chi connectivity index (χ2n) is 9.08. The zero-order valence-electron chi connectivity index (χ0n) is 18.6. The van der Waals surface area contributed by atoms with Crippen molar-refractivity contribution in [3.05, 3.63) is 58.6 Å². The van der Waals surface area contributed by atoms with Gasteiger partial charge in [-0.05, 0) is 61.4 Å². The lowest BCUT2D eigenvalue weighted by Crippen LogP contribution is -2.49. The van der Waals surface area contributed by atoms with Crippen LogP contribution in [0.2, 0.25) is 5.02 Å². The lowest BCUT2D eigenvalue weighted by Gasteiger charge is -2.33. The zero-order valence-corrected chi connectivity index (χ0v) is 19.4. The summed E-state index contributed by atoms with van der Waals surface area (Å²) in [6.07, 6.45) is 5.71. The molecule has 1 N–H and O–H groups in total. The number of carbonyl (C=O) groups is 2. The number of benzene rings is 2. The van der Waals surface area contributed by atoms with Crippen LogP contribution >= 0.6 is 11.6 Å². The minimum Gasteiger partial charge on any atom is -0.486 e. The Morgan fingerprint density at radius 1 is 1.06 bits per heavy atom. The molecule has 1 saturated heterocycles. The first-order valence-electron chi connectivity index (χ1n) is 11.9. The molecule has 2 aromatic carbocycles. The quantitative estimate of drug-likeness (QED) is 0.712. The normalized spacial score (nSPS) is 23.7. The summed E-state index contributed by atoms with van der Waals surface area (Å²) in [4.78, 5) is 28.5. The number of fused-ring (bicyclic) bond motifs is 2. The molecule has 2 aromatic rings. The van der Waals surface area contributed by atoms with Gasteiger partial charge in [0.2, 0.25) is 5.91 Å². The summed E-state index contributed by atoms with van der Waals surface area (Å²) in [5, 5.41) is 3.59. The molecule has 2 aliphatic heterocycles. The van der Waals surface area contributed by atoms with Crippen molar-refractivity contribution in [2.75, 3.05) is 19.8 Å². The molecule has 0 spiro atoms.